The van der Waals surface area contributed by atoms with E-state index >= 15 is 0 Å². The van der Waals surface area contributed by atoms with E-state index in [1.54, 1.807) is 6.07 Å². The van der Waals surface area contributed by atoms with Crippen LogP contribution in [-0.2, 0) is 10.0 Å². The maximum absolute atomic E-state index is 13.0. The molecular formula is C13H18BrFN2O2S. The third kappa shape index (κ3) is 4.17. The second-order valence-electron chi connectivity index (χ2n) is 5.13. The Kier molecular flexibility index (Phi) is 5.04. The lowest BCUT2D eigenvalue weighted by Crippen LogP contribution is -2.41. The Morgan fingerprint density at radius 2 is 2.25 bits per heavy atom. The molecule has 0 aliphatic carbocycles. The Morgan fingerprint density at radius 3 is 2.90 bits per heavy atom. The van der Waals surface area contributed by atoms with Gasteiger partial charge in [-0.05, 0) is 52.9 Å². The van der Waals surface area contributed by atoms with Crippen molar-refractivity contribution in [2.75, 3.05) is 31.2 Å². The molecule has 1 fully saturated rings. The van der Waals surface area contributed by atoms with E-state index in [9.17, 15) is 12.8 Å². The van der Waals surface area contributed by atoms with E-state index in [4.69, 9.17) is 0 Å². The molecule has 1 aliphatic heterocycles. The van der Waals surface area contributed by atoms with Crippen LogP contribution in [-0.4, -0.2) is 38.6 Å². The number of benzene rings is 1. The van der Waals surface area contributed by atoms with Crippen molar-refractivity contribution in [1.82, 2.24) is 4.31 Å². The zero-order valence-corrected chi connectivity index (χ0v) is 13.7. The second-order valence-corrected chi connectivity index (χ2v) is 7.97. The summed E-state index contributed by atoms with van der Waals surface area (Å²) in [6.07, 6.45) is 3.13. The van der Waals surface area contributed by atoms with Crippen molar-refractivity contribution >= 4 is 31.6 Å². The Labute approximate surface area is 127 Å². The van der Waals surface area contributed by atoms with Gasteiger partial charge in [0.05, 0.1) is 6.26 Å². The fourth-order valence-corrected chi connectivity index (χ4v) is 3.82. The first-order chi connectivity index (χ1) is 9.36. The molecule has 0 amide bonds. The molecule has 4 nitrogen and oxygen atoms in total. The number of nitrogens with zero attached hydrogens (tertiary/aromatic N) is 1. The molecule has 0 aromatic heterocycles. The highest BCUT2D eigenvalue weighted by atomic mass is 79.9. The minimum Gasteiger partial charge on any atom is -0.384 e. The normalized spacial score (nSPS) is 20.9. The third-order valence-corrected chi connectivity index (χ3v) is 5.39. The van der Waals surface area contributed by atoms with Crippen molar-refractivity contribution in [2.45, 2.75) is 12.8 Å². The molecule has 1 atom stereocenters. The number of anilines is 1. The molecule has 2 rings (SSSR count). The molecule has 1 saturated heterocycles. The van der Waals surface area contributed by atoms with Crippen LogP contribution in [0.4, 0.5) is 10.1 Å². The summed E-state index contributed by atoms with van der Waals surface area (Å²) in [4.78, 5) is 0. The van der Waals surface area contributed by atoms with Crippen LogP contribution < -0.4 is 5.32 Å². The molecule has 1 aromatic carbocycles. The van der Waals surface area contributed by atoms with Crippen LogP contribution >= 0.6 is 15.9 Å². The SMILES string of the molecule is CS(=O)(=O)N1CCCC(CNc2ccc(F)cc2Br)C1. The van der Waals surface area contributed by atoms with Gasteiger partial charge >= 0.3 is 0 Å². The Morgan fingerprint density at radius 1 is 1.50 bits per heavy atom. The van der Waals surface area contributed by atoms with E-state index in [2.05, 4.69) is 21.2 Å². The van der Waals surface area contributed by atoms with E-state index in [-0.39, 0.29) is 11.7 Å². The van der Waals surface area contributed by atoms with Crippen LogP contribution in [0.15, 0.2) is 22.7 Å². The highest BCUT2D eigenvalue weighted by molar-refractivity contribution is 9.10. The summed E-state index contributed by atoms with van der Waals surface area (Å²) in [6.45, 7) is 1.83. The van der Waals surface area contributed by atoms with Crippen LogP contribution in [0, 0.1) is 11.7 Å². The predicted molar refractivity (Wildman–Crippen MR) is 81.7 cm³/mol. The lowest BCUT2D eigenvalue weighted by Gasteiger charge is -2.31. The molecule has 1 aromatic rings. The summed E-state index contributed by atoms with van der Waals surface area (Å²) >= 11 is 3.31. The van der Waals surface area contributed by atoms with Crippen molar-refractivity contribution in [3.8, 4) is 0 Å². The van der Waals surface area contributed by atoms with E-state index < -0.39 is 10.0 Å². The zero-order chi connectivity index (χ0) is 14.8. The maximum Gasteiger partial charge on any atom is 0.211 e. The highest BCUT2D eigenvalue weighted by Gasteiger charge is 2.25. The van der Waals surface area contributed by atoms with E-state index in [0.29, 0.717) is 24.1 Å². The number of rotatable bonds is 4. The molecule has 0 saturated carbocycles. The Balaban J connectivity index is 1.94. The quantitative estimate of drug-likeness (QED) is 0.893. The fraction of sp³-hybridized carbons (Fsp3) is 0.538. The van der Waals surface area contributed by atoms with Gasteiger partial charge in [0, 0.05) is 29.8 Å². The van der Waals surface area contributed by atoms with Gasteiger partial charge in [-0.15, -0.1) is 0 Å². The Hall–Kier alpha value is -0.660. The van der Waals surface area contributed by atoms with Crippen molar-refractivity contribution in [3.05, 3.63) is 28.5 Å². The third-order valence-electron chi connectivity index (χ3n) is 3.46. The molecule has 1 unspecified atom stereocenters. The number of hydrogen-bond acceptors (Lipinski definition) is 3. The van der Waals surface area contributed by atoms with Crippen molar-refractivity contribution in [2.24, 2.45) is 5.92 Å². The smallest absolute Gasteiger partial charge is 0.211 e. The standard InChI is InChI=1S/C13H18BrFN2O2S/c1-20(18,19)17-6-2-3-10(9-17)8-16-13-5-4-11(15)7-12(13)14/h4-5,7,10,16H,2-3,6,8-9H2,1H3. The van der Waals surface area contributed by atoms with Gasteiger partial charge in [-0.3, -0.25) is 0 Å². The van der Waals surface area contributed by atoms with E-state index in [1.165, 1.54) is 22.7 Å². The van der Waals surface area contributed by atoms with Gasteiger partial charge in [0.1, 0.15) is 5.82 Å². The average Bonchev–Trinajstić information content (AvgIpc) is 2.37. The average molecular weight is 365 g/mol. The predicted octanol–water partition coefficient (Wildman–Crippen LogP) is 2.67. The topological polar surface area (TPSA) is 49.4 Å². The summed E-state index contributed by atoms with van der Waals surface area (Å²) in [5, 5.41) is 3.25. The fourth-order valence-electron chi connectivity index (χ4n) is 2.38. The van der Waals surface area contributed by atoms with Crippen LogP contribution in [0.5, 0.6) is 0 Å². The molecule has 1 aliphatic rings. The first-order valence-electron chi connectivity index (χ1n) is 6.50. The summed E-state index contributed by atoms with van der Waals surface area (Å²) in [5.74, 6) is -0.0150. The monoisotopic (exact) mass is 364 g/mol. The summed E-state index contributed by atoms with van der Waals surface area (Å²) in [6, 6.07) is 4.49. The van der Waals surface area contributed by atoms with Gasteiger partial charge in [-0.2, -0.15) is 0 Å². The molecule has 1 N–H and O–H groups in total. The first-order valence-corrected chi connectivity index (χ1v) is 9.14. The van der Waals surface area contributed by atoms with Gasteiger partial charge < -0.3 is 5.32 Å². The zero-order valence-electron chi connectivity index (χ0n) is 11.3. The van der Waals surface area contributed by atoms with Gasteiger partial charge in [0.15, 0.2) is 0 Å². The van der Waals surface area contributed by atoms with Crippen LogP contribution in [0.1, 0.15) is 12.8 Å². The van der Waals surface area contributed by atoms with Gasteiger partial charge in [0.2, 0.25) is 10.0 Å². The molecule has 0 bridgehead atoms. The van der Waals surface area contributed by atoms with Gasteiger partial charge in [0.25, 0.3) is 0 Å². The van der Waals surface area contributed by atoms with Crippen LogP contribution in [0.25, 0.3) is 0 Å². The van der Waals surface area contributed by atoms with Crippen LogP contribution in [0.2, 0.25) is 0 Å². The highest BCUT2D eigenvalue weighted by Crippen LogP contribution is 2.25. The lowest BCUT2D eigenvalue weighted by atomic mass is 9.99. The van der Waals surface area contributed by atoms with E-state index in [1.807, 2.05) is 0 Å². The summed E-state index contributed by atoms with van der Waals surface area (Å²) in [7, 11) is -3.11. The van der Waals surface area contributed by atoms with Gasteiger partial charge in [-0.25, -0.2) is 17.1 Å². The molecule has 7 heteroatoms. The molecule has 1 heterocycles. The molecule has 20 heavy (non-hydrogen) atoms. The molecule has 112 valence electrons. The maximum atomic E-state index is 13.0. The van der Waals surface area contributed by atoms with E-state index in [0.717, 1.165) is 18.5 Å². The number of halogens is 2. The molecule has 0 spiro atoms. The molecule has 0 radical (unpaired) electrons. The number of nitrogens with one attached hydrogen (secondary N) is 1. The van der Waals surface area contributed by atoms with Crippen molar-refractivity contribution in [1.29, 1.82) is 0 Å². The Bertz CT molecular complexity index is 580. The van der Waals surface area contributed by atoms with Gasteiger partial charge in [-0.1, -0.05) is 0 Å². The minimum absolute atomic E-state index is 0.274. The number of piperidine rings is 1. The first kappa shape index (κ1) is 15.7. The number of hydrogen-bond donors (Lipinski definition) is 1. The van der Waals surface area contributed by atoms with Crippen molar-refractivity contribution in [3.63, 3.8) is 0 Å². The second kappa shape index (κ2) is 6.41. The molecular weight excluding hydrogens is 347 g/mol. The number of sulfonamides is 1. The summed E-state index contributed by atoms with van der Waals surface area (Å²) < 4.78 is 38.3. The lowest BCUT2D eigenvalue weighted by molar-refractivity contribution is 0.277. The largest absolute Gasteiger partial charge is 0.384 e. The van der Waals surface area contributed by atoms with Crippen LogP contribution in [0.3, 0.4) is 0 Å². The van der Waals surface area contributed by atoms with Crippen molar-refractivity contribution < 1.29 is 12.8 Å². The summed E-state index contributed by atoms with van der Waals surface area (Å²) in [5.41, 5.74) is 0.822. The minimum atomic E-state index is -3.11.